The highest BCUT2D eigenvalue weighted by Crippen LogP contribution is 2.35. The number of methoxy groups -OCH3 is 1. The predicted octanol–water partition coefficient (Wildman–Crippen LogP) is 3.96. The number of aromatic hydroxyl groups is 1. The molecule has 2 rings (SSSR count). The zero-order valence-electron chi connectivity index (χ0n) is 10.5. The Morgan fingerprint density at radius 1 is 1.25 bits per heavy atom. The smallest absolute Gasteiger partial charge is 0.255 e. The van der Waals surface area contributed by atoms with E-state index >= 15 is 0 Å². The van der Waals surface area contributed by atoms with E-state index in [9.17, 15) is 9.90 Å². The number of hydrogen-bond donors (Lipinski definition) is 2. The first-order valence-corrected chi connectivity index (χ1v) is 6.40. The molecule has 2 aromatic rings. The third kappa shape index (κ3) is 3.15. The van der Waals surface area contributed by atoms with Crippen molar-refractivity contribution in [2.24, 2.45) is 0 Å². The highest BCUT2D eigenvalue weighted by molar-refractivity contribution is 6.36. The Balaban J connectivity index is 2.27. The second-order valence-corrected chi connectivity index (χ2v) is 4.81. The molecule has 0 aliphatic heterocycles. The summed E-state index contributed by atoms with van der Waals surface area (Å²) in [5.41, 5.74) is 0.537. The summed E-state index contributed by atoms with van der Waals surface area (Å²) in [6.45, 7) is 0. The molecule has 6 heteroatoms. The van der Waals surface area contributed by atoms with Crippen molar-refractivity contribution in [2.45, 2.75) is 0 Å². The number of ether oxygens (including phenoxy) is 1. The second kappa shape index (κ2) is 6.03. The number of hydrogen-bond acceptors (Lipinski definition) is 3. The largest absolute Gasteiger partial charge is 0.504 e. The highest BCUT2D eigenvalue weighted by Gasteiger charge is 2.13. The maximum Gasteiger partial charge on any atom is 0.255 e. The number of halogens is 2. The van der Waals surface area contributed by atoms with Crippen LogP contribution in [0, 0.1) is 0 Å². The third-order valence-electron chi connectivity index (χ3n) is 2.61. The molecule has 1 amide bonds. The standard InChI is InChI=1S/C14H11Cl2NO3/c1-20-10-4-2-3-8(5-10)14(19)17-12-7-9(15)6-11(16)13(12)18/h2-7,18H,1H3,(H,17,19). The van der Waals surface area contributed by atoms with Crippen LogP contribution in [0.4, 0.5) is 5.69 Å². The molecule has 0 aliphatic rings. The number of carbonyl (C=O) groups excluding carboxylic acids is 1. The summed E-state index contributed by atoms with van der Waals surface area (Å²) in [6, 6.07) is 9.43. The van der Waals surface area contributed by atoms with Gasteiger partial charge in [-0.25, -0.2) is 0 Å². The average Bonchev–Trinajstić information content (AvgIpc) is 2.44. The van der Waals surface area contributed by atoms with Gasteiger partial charge < -0.3 is 15.2 Å². The van der Waals surface area contributed by atoms with Crippen LogP contribution in [0.3, 0.4) is 0 Å². The Hall–Kier alpha value is -1.91. The molecule has 0 radical (unpaired) electrons. The van der Waals surface area contributed by atoms with Crippen molar-refractivity contribution in [1.82, 2.24) is 0 Å². The van der Waals surface area contributed by atoms with Crippen LogP contribution in [0.2, 0.25) is 10.0 Å². The molecular formula is C14H11Cl2NO3. The Labute approximate surface area is 125 Å². The fourth-order valence-corrected chi connectivity index (χ4v) is 2.11. The molecule has 0 aliphatic carbocycles. The lowest BCUT2D eigenvalue weighted by molar-refractivity contribution is 0.102. The van der Waals surface area contributed by atoms with Gasteiger partial charge in [-0.1, -0.05) is 29.3 Å². The molecule has 0 heterocycles. The number of phenolic OH excluding ortho intramolecular Hbond substituents is 1. The lowest BCUT2D eigenvalue weighted by Gasteiger charge is -2.10. The Kier molecular flexibility index (Phi) is 4.37. The topological polar surface area (TPSA) is 58.6 Å². The highest BCUT2D eigenvalue weighted by atomic mass is 35.5. The molecule has 0 saturated carbocycles. The zero-order chi connectivity index (χ0) is 14.7. The van der Waals surface area contributed by atoms with E-state index in [1.54, 1.807) is 24.3 Å². The van der Waals surface area contributed by atoms with Gasteiger partial charge in [-0.3, -0.25) is 4.79 Å². The molecule has 0 atom stereocenters. The molecule has 0 spiro atoms. The second-order valence-electron chi connectivity index (χ2n) is 3.97. The molecule has 20 heavy (non-hydrogen) atoms. The molecule has 0 unspecified atom stereocenters. The van der Waals surface area contributed by atoms with Crippen molar-refractivity contribution >= 4 is 34.8 Å². The van der Waals surface area contributed by atoms with Crippen LogP contribution in [0.1, 0.15) is 10.4 Å². The van der Waals surface area contributed by atoms with E-state index in [2.05, 4.69) is 5.32 Å². The molecule has 0 fully saturated rings. The van der Waals surface area contributed by atoms with Crippen LogP contribution in [0.25, 0.3) is 0 Å². The first-order chi connectivity index (χ1) is 9.51. The van der Waals surface area contributed by atoms with Gasteiger partial charge in [-0.15, -0.1) is 0 Å². The summed E-state index contributed by atoms with van der Waals surface area (Å²) < 4.78 is 5.05. The minimum atomic E-state index is -0.405. The van der Waals surface area contributed by atoms with Gasteiger partial charge in [0.25, 0.3) is 5.91 Å². The van der Waals surface area contributed by atoms with E-state index < -0.39 is 5.91 Å². The Morgan fingerprint density at radius 2 is 2.00 bits per heavy atom. The van der Waals surface area contributed by atoms with Crippen molar-refractivity contribution in [1.29, 1.82) is 0 Å². The number of phenols is 1. The quantitative estimate of drug-likeness (QED) is 0.843. The Bertz CT molecular complexity index is 659. The normalized spacial score (nSPS) is 10.2. The van der Waals surface area contributed by atoms with Gasteiger partial charge in [0.15, 0.2) is 5.75 Å². The lowest BCUT2D eigenvalue weighted by atomic mass is 10.2. The summed E-state index contributed by atoms with van der Waals surface area (Å²) in [4.78, 5) is 12.1. The van der Waals surface area contributed by atoms with E-state index in [1.165, 1.54) is 19.2 Å². The monoisotopic (exact) mass is 311 g/mol. The summed E-state index contributed by atoms with van der Waals surface area (Å²) in [5.74, 6) is -0.0733. The molecule has 2 N–H and O–H groups in total. The fourth-order valence-electron chi connectivity index (χ4n) is 1.62. The van der Waals surface area contributed by atoms with Crippen LogP contribution in [-0.4, -0.2) is 18.1 Å². The minimum Gasteiger partial charge on any atom is -0.504 e. The SMILES string of the molecule is COc1cccc(C(=O)Nc2cc(Cl)cc(Cl)c2O)c1. The van der Waals surface area contributed by atoms with Crippen molar-refractivity contribution in [2.75, 3.05) is 12.4 Å². The summed E-state index contributed by atoms with van der Waals surface area (Å²) in [5, 5.41) is 12.7. The number of amides is 1. The van der Waals surface area contributed by atoms with Crippen LogP contribution in [0.5, 0.6) is 11.5 Å². The summed E-state index contributed by atoms with van der Waals surface area (Å²) in [7, 11) is 1.51. The molecule has 2 aromatic carbocycles. The number of nitrogens with one attached hydrogen (secondary N) is 1. The van der Waals surface area contributed by atoms with Crippen LogP contribution >= 0.6 is 23.2 Å². The zero-order valence-corrected chi connectivity index (χ0v) is 12.0. The first kappa shape index (κ1) is 14.5. The molecular weight excluding hydrogens is 301 g/mol. The number of benzene rings is 2. The van der Waals surface area contributed by atoms with Crippen LogP contribution < -0.4 is 10.1 Å². The van der Waals surface area contributed by atoms with Gasteiger partial charge >= 0.3 is 0 Å². The fraction of sp³-hybridized carbons (Fsp3) is 0.0714. The van der Waals surface area contributed by atoms with Gasteiger partial charge in [0.05, 0.1) is 17.8 Å². The van der Waals surface area contributed by atoms with Crippen molar-refractivity contribution in [3.63, 3.8) is 0 Å². The molecule has 0 aromatic heterocycles. The maximum absolute atomic E-state index is 12.1. The van der Waals surface area contributed by atoms with E-state index in [0.717, 1.165) is 0 Å². The third-order valence-corrected chi connectivity index (χ3v) is 3.11. The van der Waals surface area contributed by atoms with Crippen molar-refractivity contribution in [3.05, 3.63) is 52.0 Å². The van der Waals surface area contributed by atoms with Gasteiger partial charge in [0.1, 0.15) is 5.75 Å². The Morgan fingerprint density at radius 3 is 2.70 bits per heavy atom. The summed E-state index contributed by atoms with van der Waals surface area (Å²) in [6.07, 6.45) is 0. The van der Waals surface area contributed by atoms with Gasteiger partial charge in [0.2, 0.25) is 0 Å². The number of rotatable bonds is 3. The van der Waals surface area contributed by atoms with E-state index in [0.29, 0.717) is 16.3 Å². The number of carbonyl (C=O) groups is 1. The molecule has 104 valence electrons. The van der Waals surface area contributed by atoms with E-state index in [-0.39, 0.29) is 16.5 Å². The van der Waals surface area contributed by atoms with Gasteiger partial charge in [-0.05, 0) is 30.3 Å². The molecule has 0 bridgehead atoms. The minimum absolute atomic E-state index is 0.0680. The summed E-state index contributed by atoms with van der Waals surface area (Å²) >= 11 is 11.6. The maximum atomic E-state index is 12.1. The van der Waals surface area contributed by atoms with Crippen molar-refractivity contribution < 1.29 is 14.6 Å². The van der Waals surface area contributed by atoms with Gasteiger partial charge in [0, 0.05) is 10.6 Å². The van der Waals surface area contributed by atoms with Crippen molar-refractivity contribution in [3.8, 4) is 11.5 Å². The van der Waals surface area contributed by atoms with E-state index in [4.69, 9.17) is 27.9 Å². The van der Waals surface area contributed by atoms with Crippen LogP contribution in [0.15, 0.2) is 36.4 Å². The first-order valence-electron chi connectivity index (χ1n) is 5.64. The lowest BCUT2D eigenvalue weighted by Crippen LogP contribution is -2.12. The average molecular weight is 312 g/mol. The van der Waals surface area contributed by atoms with Crippen LogP contribution in [-0.2, 0) is 0 Å². The number of anilines is 1. The molecule has 0 saturated heterocycles. The van der Waals surface area contributed by atoms with Gasteiger partial charge in [-0.2, -0.15) is 0 Å². The predicted molar refractivity (Wildman–Crippen MR) is 79.1 cm³/mol. The molecule has 4 nitrogen and oxygen atoms in total. The van der Waals surface area contributed by atoms with E-state index in [1.807, 2.05) is 0 Å².